The summed E-state index contributed by atoms with van der Waals surface area (Å²) in [6.07, 6.45) is 1.17. The molecule has 4 nitrogen and oxygen atoms in total. The fourth-order valence-electron chi connectivity index (χ4n) is 2.52. The third-order valence-electron chi connectivity index (χ3n) is 4.07. The third kappa shape index (κ3) is 3.87. The quantitative estimate of drug-likeness (QED) is 0.624. The average molecular weight is 346 g/mol. The Labute approximate surface area is 132 Å². The van der Waals surface area contributed by atoms with Crippen LogP contribution in [0.4, 0.5) is 5.69 Å². The first-order valence-corrected chi connectivity index (χ1v) is 12.6. The van der Waals surface area contributed by atoms with E-state index in [0.29, 0.717) is 11.3 Å². The van der Waals surface area contributed by atoms with Crippen molar-refractivity contribution in [1.82, 2.24) is 0 Å². The largest absolute Gasteiger partial charge is 0.371 e. The van der Waals surface area contributed by atoms with Gasteiger partial charge in [0.2, 0.25) is 0 Å². The van der Waals surface area contributed by atoms with Crippen LogP contribution in [0.15, 0.2) is 23.1 Å². The van der Waals surface area contributed by atoms with Crippen molar-refractivity contribution in [1.29, 1.82) is 0 Å². The molecule has 21 heavy (non-hydrogen) atoms. The predicted octanol–water partition coefficient (Wildman–Crippen LogP) is 3.00. The molecule has 1 saturated heterocycles. The summed E-state index contributed by atoms with van der Waals surface area (Å²) < 4.78 is 23.4. The molecular weight excluding hydrogens is 326 g/mol. The van der Waals surface area contributed by atoms with Crippen molar-refractivity contribution in [2.45, 2.75) is 30.1 Å². The Morgan fingerprint density at radius 1 is 1.24 bits per heavy atom. The molecule has 0 bridgehead atoms. The highest BCUT2D eigenvalue weighted by molar-refractivity contribution is 7.90. The van der Waals surface area contributed by atoms with Gasteiger partial charge in [0.25, 0.3) is 5.24 Å². The van der Waals surface area contributed by atoms with Crippen molar-refractivity contribution in [3.05, 3.63) is 23.8 Å². The molecule has 1 fully saturated rings. The Kier molecular flexibility index (Phi) is 4.51. The number of hydrogen-bond donors (Lipinski definition) is 0. The SMILES string of the molecule is C[Si]1(C)CCN(c2cc(S(C)(=O)=O)ccc2C(=O)Cl)CC1. The smallest absolute Gasteiger partial charge is 0.254 e. The first-order chi connectivity index (χ1) is 9.60. The molecule has 1 aromatic rings. The number of halogens is 1. The maximum Gasteiger partial charge on any atom is 0.254 e. The molecule has 0 aliphatic carbocycles. The van der Waals surface area contributed by atoms with Crippen molar-refractivity contribution in [3.8, 4) is 0 Å². The molecule has 1 heterocycles. The molecule has 0 saturated carbocycles. The number of hydrogen-bond acceptors (Lipinski definition) is 4. The molecular formula is C14H20ClNO3SSi. The van der Waals surface area contributed by atoms with Crippen LogP contribution in [0, 0.1) is 0 Å². The molecule has 0 aromatic heterocycles. The van der Waals surface area contributed by atoms with Gasteiger partial charge in [-0.15, -0.1) is 0 Å². The number of anilines is 1. The van der Waals surface area contributed by atoms with Gasteiger partial charge in [0.05, 0.1) is 24.2 Å². The lowest BCUT2D eigenvalue weighted by molar-refractivity contribution is 0.108. The zero-order valence-corrected chi connectivity index (χ0v) is 15.1. The summed E-state index contributed by atoms with van der Waals surface area (Å²) in [4.78, 5) is 13.9. The summed E-state index contributed by atoms with van der Waals surface area (Å²) in [5.74, 6) is 0. The molecule has 2 rings (SSSR count). The zero-order valence-electron chi connectivity index (χ0n) is 12.5. The minimum atomic E-state index is -3.30. The minimum Gasteiger partial charge on any atom is -0.371 e. The van der Waals surface area contributed by atoms with E-state index in [9.17, 15) is 13.2 Å². The number of carbonyl (C=O) groups excluding carboxylic acids is 1. The van der Waals surface area contributed by atoms with Crippen LogP contribution in [0.2, 0.25) is 25.2 Å². The second kappa shape index (κ2) is 5.74. The van der Waals surface area contributed by atoms with E-state index < -0.39 is 23.2 Å². The van der Waals surface area contributed by atoms with Crippen molar-refractivity contribution in [3.63, 3.8) is 0 Å². The molecule has 1 aliphatic rings. The molecule has 0 spiro atoms. The number of rotatable bonds is 3. The second-order valence-electron chi connectivity index (χ2n) is 6.38. The number of carbonyl (C=O) groups is 1. The second-order valence-corrected chi connectivity index (χ2v) is 14.1. The number of benzene rings is 1. The van der Waals surface area contributed by atoms with E-state index in [2.05, 4.69) is 18.0 Å². The maximum absolute atomic E-state index is 11.7. The van der Waals surface area contributed by atoms with Gasteiger partial charge in [0, 0.05) is 19.3 Å². The molecule has 0 atom stereocenters. The Morgan fingerprint density at radius 2 is 1.81 bits per heavy atom. The minimum absolute atomic E-state index is 0.223. The monoisotopic (exact) mass is 345 g/mol. The topological polar surface area (TPSA) is 54.5 Å². The highest BCUT2D eigenvalue weighted by Crippen LogP contribution is 2.31. The van der Waals surface area contributed by atoms with Gasteiger partial charge in [-0.05, 0) is 41.9 Å². The molecule has 116 valence electrons. The third-order valence-corrected chi connectivity index (χ3v) is 8.53. The Morgan fingerprint density at radius 3 is 2.29 bits per heavy atom. The lowest BCUT2D eigenvalue weighted by Gasteiger charge is -2.37. The molecule has 0 radical (unpaired) electrons. The summed E-state index contributed by atoms with van der Waals surface area (Å²) in [6, 6.07) is 6.79. The average Bonchev–Trinajstić information content (AvgIpc) is 2.37. The van der Waals surface area contributed by atoms with E-state index in [-0.39, 0.29) is 4.90 Å². The highest BCUT2D eigenvalue weighted by Gasteiger charge is 2.29. The lowest BCUT2D eigenvalue weighted by atomic mass is 10.1. The van der Waals surface area contributed by atoms with Crippen LogP contribution in [-0.4, -0.2) is 41.1 Å². The van der Waals surface area contributed by atoms with Crippen molar-refractivity contribution >= 4 is 40.4 Å². The maximum atomic E-state index is 11.7. The molecule has 1 aromatic carbocycles. The van der Waals surface area contributed by atoms with Crippen LogP contribution in [0.5, 0.6) is 0 Å². The molecule has 0 amide bonds. The van der Waals surface area contributed by atoms with Crippen LogP contribution >= 0.6 is 11.6 Å². The van der Waals surface area contributed by atoms with Gasteiger partial charge < -0.3 is 4.90 Å². The van der Waals surface area contributed by atoms with Gasteiger partial charge in [-0.25, -0.2) is 8.42 Å². The van der Waals surface area contributed by atoms with Gasteiger partial charge >= 0.3 is 0 Å². The van der Waals surface area contributed by atoms with Crippen molar-refractivity contribution in [2.75, 3.05) is 24.2 Å². The molecule has 0 N–H and O–H groups in total. The lowest BCUT2D eigenvalue weighted by Crippen LogP contribution is -2.43. The Hall–Kier alpha value is -0.853. The fourth-order valence-corrected chi connectivity index (χ4v) is 5.32. The molecule has 0 unspecified atom stereocenters. The van der Waals surface area contributed by atoms with Gasteiger partial charge in [0.15, 0.2) is 9.84 Å². The van der Waals surface area contributed by atoms with E-state index >= 15 is 0 Å². The van der Waals surface area contributed by atoms with Crippen LogP contribution < -0.4 is 4.90 Å². The summed E-state index contributed by atoms with van der Waals surface area (Å²) in [5, 5.41) is -0.549. The van der Waals surface area contributed by atoms with E-state index in [4.69, 9.17) is 11.6 Å². The van der Waals surface area contributed by atoms with E-state index in [1.165, 1.54) is 18.4 Å². The van der Waals surface area contributed by atoms with E-state index in [0.717, 1.165) is 25.2 Å². The molecule has 1 aliphatic heterocycles. The summed E-state index contributed by atoms with van der Waals surface area (Å²) >= 11 is 5.64. The van der Waals surface area contributed by atoms with Crippen LogP contribution in [0.3, 0.4) is 0 Å². The van der Waals surface area contributed by atoms with Gasteiger partial charge in [-0.3, -0.25) is 4.79 Å². The summed E-state index contributed by atoms with van der Waals surface area (Å²) in [7, 11) is -4.44. The number of nitrogens with zero attached hydrogens (tertiary/aromatic N) is 1. The van der Waals surface area contributed by atoms with Crippen molar-refractivity contribution in [2.24, 2.45) is 0 Å². The highest BCUT2D eigenvalue weighted by atomic mass is 35.5. The van der Waals surface area contributed by atoms with E-state index in [1.807, 2.05) is 0 Å². The standard InChI is InChI=1S/C14H20ClNO3SSi/c1-20(18,19)11-4-5-12(14(15)17)13(10-11)16-6-8-21(2,3)9-7-16/h4-5,10H,6-9H2,1-3H3. The predicted molar refractivity (Wildman–Crippen MR) is 89.0 cm³/mol. The zero-order chi connectivity index (χ0) is 15.8. The van der Waals surface area contributed by atoms with Crippen LogP contribution in [-0.2, 0) is 9.84 Å². The van der Waals surface area contributed by atoms with Crippen LogP contribution in [0.25, 0.3) is 0 Å². The van der Waals surface area contributed by atoms with Gasteiger partial charge in [0.1, 0.15) is 0 Å². The van der Waals surface area contributed by atoms with Gasteiger partial charge in [-0.1, -0.05) is 13.1 Å². The number of sulfone groups is 1. The summed E-state index contributed by atoms with van der Waals surface area (Å²) in [6.45, 7) is 6.41. The Balaban J connectivity index is 2.43. The summed E-state index contributed by atoms with van der Waals surface area (Å²) in [5.41, 5.74) is 1.02. The first kappa shape index (κ1) is 16.5. The van der Waals surface area contributed by atoms with E-state index in [1.54, 1.807) is 6.07 Å². The molecule has 7 heteroatoms. The fraction of sp³-hybridized carbons (Fsp3) is 0.500. The van der Waals surface area contributed by atoms with Crippen molar-refractivity contribution < 1.29 is 13.2 Å². The van der Waals surface area contributed by atoms with Crippen LogP contribution in [0.1, 0.15) is 10.4 Å². The normalized spacial score (nSPS) is 18.6. The Bertz CT molecular complexity index is 663. The van der Waals surface area contributed by atoms with Gasteiger partial charge in [-0.2, -0.15) is 0 Å². The first-order valence-electron chi connectivity index (χ1n) is 6.89.